The first-order valence-corrected chi connectivity index (χ1v) is 8.80. The van der Waals surface area contributed by atoms with Gasteiger partial charge in [0.1, 0.15) is 0 Å². The molecule has 10 heteroatoms. The van der Waals surface area contributed by atoms with Gasteiger partial charge in [0.05, 0.1) is 6.33 Å². The lowest BCUT2D eigenvalue weighted by molar-refractivity contribution is 0.518. The molecule has 112 valence electrons. The molecule has 1 N–H and O–H groups in total. The summed E-state index contributed by atoms with van der Waals surface area (Å²) in [6.07, 6.45) is 6.68. The van der Waals surface area contributed by atoms with Crippen LogP contribution in [0.1, 0.15) is 6.92 Å². The van der Waals surface area contributed by atoms with Crippen LogP contribution in [0.3, 0.4) is 0 Å². The molecule has 0 aliphatic carbocycles. The van der Waals surface area contributed by atoms with Crippen LogP contribution in [0.25, 0.3) is 4.96 Å². The number of nitrogens with one attached hydrogen (secondary N) is 1. The second-order valence-electron chi connectivity index (χ2n) is 4.55. The Kier molecular flexibility index (Phi) is 3.74. The summed E-state index contributed by atoms with van der Waals surface area (Å²) in [5, 5.41) is 1.70. The summed E-state index contributed by atoms with van der Waals surface area (Å²) in [4.78, 5) is 8.50. The number of thiazole rings is 1. The normalized spacial score (nSPS) is 13.8. The van der Waals surface area contributed by atoms with E-state index >= 15 is 0 Å². The zero-order valence-corrected chi connectivity index (χ0v) is 13.4. The van der Waals surface area contributed by atoms with Crippen molar-refractivity contribution in [2.45, 2.75) is 24.5 Å². The number of aromatic nitrogens is 4. The molecule has 0 aliphatic rings. The molecule has 0 bridgehead atoms. The van der Waals surface area contributed by atoms with Crippen molar-refractivity contribution in [1.82, 2.24) is 23.7 Å². The molecule has 0 spiro atoms. The molecule has 3 aromatic rings. The summed E-state index contributed by atoms with van der Waals surface area (Å²) in [5.74, 6) is 0. The van der Waals surface area contributed by atoms with E-state index in [1.807, 2.05) is 0 Å². The van der Waals surface area contributed by atoms with Gasteiger partial charge in [0.2, 0.25) is 0 Å². The Hall–Kier alpha value is -1.42. The van der Waals surface area contributed by atoms with Crippen LogP contribution >= 0.6 is 22.9 Å². The number of rotatable bonds is 5. The number of halogens is 1. The molecule has 0 saturated heterocycles. The van der Waals surface area contributed by atoms with Gasteiger partial charge in [0.25, 0.3) is 10.0 Å². The summed E-state index contributed by atoms with van der Waals surface area (Å²) in [7, 11) is -3.76. The van der Waals surface area contributed by atoms with Crippen LogP contribution in [0.2, 0.25) is 5.15 Å². The number of fused-ring (bicyclic) bond motifs is 1. The Balaban J connectivity index is 1.86. The first-order chi connectivity index (χ1) is 9.97. The average molecular weight is 346 g/mol. The Labute approximate surface area is 130 Å². The fourth-order valence-electron chi connectivity index (χ4n) is 2.05. The summed E-state index contributed by atoms with van der Waals surface area (Å²) in [5.41, 5.74) is 0. The van der Waals surface area contributed by atoms with E-state index in [0.29, 0.717) is 11.5 Å². The van der Waals surface area contributed by atoms with E-state index in [1.54, 1.807) is 41.8 Å². The third-order valence-corrected chi connectivity index (χ3v) is 5.58. The second kappa shape index (κ2) is 5.41. The monoisotopic (exact) mass is 345 g/mol. The molecule has 3 heterocycles. The van der Waals surface area contributed by atoms with Crippen LogP contribution in [0.5, 0.6) is 0 Å². The quantitative estimate of drug-likeness (QED) is 0.761. The highest BCUT2D eigenvalue weighted by Gasteiger charge is 2.26. The van der Waals surface area contributed by atoms with Crippen LogP contribution in [-0.2, 0) is 16.6 Å². The number of hydrogen-bond donors (Lipinski definition) is 1. The summed E-state index contributed by atoms with van der Waals surface area (Å²) >= 11 is 7.28. The molecule has 3 rings (SSSR count). The molecule has 0 fully saturated rings. The van der Waals surface area contributed by atoms with E-state index in [4.69, 9.17) is 11.6 Å². The lowest BCUT2D eigenvalue weighted by atomic mass is 10.4. The van der Waals surface area contributed by atoms with Crippen LogP contribution < -0.4 is 4.72 Å². The van der Waals surface area contributed by atoms with Crippen molar-refractivity contribution in [2.75, 3.05) is 0 Å². The second-order valence-corrected chi connectivity index (χ2v) is 7.41. The van der Waals surface area contributed by atoms with Gasteiger partial charge in [0.15, 0.2) is 15.1 Å². The molecule has 1 atom stereocenters. The van der Waals surface area contributed by atoms with Crippen molar-refractivity contribution in [3.63, 3.8) is 0 Å². The minimum Gasteiger partial charge on any atom is -0.336 e. The average Bonchev–Trinajstić information content (AvgIpc) is 3.04. The third kappa shape index (κ3) is 2.82. The first kappa shape index (κ1) is 14.5. The maximum absolute atomic E-state index is 12.5. The zero-order chi connectivity index (χ0) is 15.0. The Morgan fingerprint density at radius 1 is 1.48 bits per heavy atom. The van der Waals surface area contributed by atoms with E-state index in [2.05, 4.69) is 14.7 Å². The first-order valence-electron chi connectivity index (χ1n) is 6.06. The van der Waals surface area contributed by atoms with Crippen molar-refractivity contribution < 1.29 is 8.42 Å². The Morgan fingerprint density at radius 3 is 3.00 bits per heavy atom. The fraction of sp³-hybridized carbons (Fsp3) is 0.273. The van der Waals surface area contributed by atoms with E-state index in [9.17, 15) is 8.42 Å². The topological polar surface area (TPSA) is 81.3 Å². The van der Waals surface area contributed by atoms with Crippen molar-refractivity contribution in [3.05, 3.63) is 35.5 Å². The van der Waals surface area contributed by atoms with E-state index in [-0.39, 0.29) is 16.2 Å². The lowest BCUT2D eigenvalue weighted by Crippen LogP contribution is -2.36. The van der Waals surface area contributed by atoms with Gasteiger partial charge in [-0.2, -0.15) is 0 Å². The van der Waals surface area contributed by atoms with Gasteiger partial charge < -0.3 is 4.57 Å². The zero-order valence-electron chi connectivity index (χ0n) is 11.0. The number of nitrogens with zero attached hydrogens (tertiary/aromatic N) is 4. The van der Waals surface area contributed by atoms with Gasteiger partial charge in [-0.25, -0.2) is 23.1 Å². The van der Waals surface area contributed by atoms with Crippen molar-refractivity contribution in [1.29, 1.82) is 0 Å². The Morgan fingerprint density at radius 2 is 2.29 bits per heavy atom. The predicted molar refractivity (Wildman–Crippen MR) is 80.1 cm³/mol. The molecule has 0 radical (unpaired) electrons. The maximum Gasteiger partial charge on any atom is 0.260 e. The molecule has 0 aromatic carbocycles. The molecule has 0 amide bonds. The summed E-state index contributed by atoms with van der Waals surface area (Å²) < 4.78 is 30.8. The lowest BCUT2D eigenvalue weighted by Gasteiger charge is -2.14. The molecular formula is C11H12ClN5O2S2. The van der Waals surface area contributed by atoms with Gasteiger partial charge in [-0.1, -0.05) is 11.6 Å². The van der Waals surface area contributed by atoms with Crippen molar-refractivity contribution >= 4 is 37.9 Å². The molecule has 7 nitrogen and oxygen atoms in total. The maximum atomic E-state index is 12.5. The minimum absolute atomic E-state index is 0.0239. The highest BCUT2D eigenvalue weighted by molar-refractivity contribution is 7.89. The Bertz CT molecular complexity index is 853. The molecule has 1 unspecified atom stereocenters. The highest BCUT2D eigenvalue weighted by Crippen LogP contribution is 2.25. The smallest absolute Gasteiger partial charge is 0.260 e. The van der Waals surface area contributed by atoms with E-state index in [0.717, 1.165) is 0 Å². The molecule has 0 aliphatic heterocycles. The molecule has 21 heavy (non-hydrogen) atoms. The third-order valence-electron chi connectivity index (χ3n) is 2.83. The number of sulfonamides is 1. The minimum atomic E-state index is -3.76. The van der Waals surface area contributed by atoms with Crippen LogP contribution in [-0.4, -0.2) is 33.4 Å². The molecular weight excluding hydrogens is 334 g/mol. The van der Waals surface area contributed by atoms with Crippen LogP contribution in [0.4, 0.5) is 0 Å². The largest absolute Gasteiger partial charge is 0.336 e. The molecule has 3 aromatic heterocycles. The number of hydrogen-bond acceptors (Lipinski definition) is 5. The SMILES string of the molecule is CC(Cn1ccnc1)NS(=O)(=O)c1c(Cl)nc2sccn12. The van der Waals surface area contributed by atoms with Crippen LogP contribution in [0.15, 0.2) is 35.3 Å². The van der Waals surface area contributed by atoms with Gasteiger partial charge in [-0.3, -0.25) is 4.40 Å². The highest BCUT2D eigenvalue weighted by atomic mass is 35.5. The van der Waals surface area contributed by atoms with Gasteiger partial charge in [-0.05, 0) is 6.92 Å². The summed E-state index contributed by atoms with van der Waals surface area (Å²) in [6, 6.07) is -0.315. The van der Waals surface area contributed by atoms with Crippen LogP contribution in [0, 0.1) is 0 Å². The van der Waals surface area contributed by atoms with Gasteiger partial charge >= 0.3 is 0 Å². The van der Waals surface area contributed by atoms with Gasteiger partial charge in [0, 0.05) is 36.6 Å². The molecule has 0 saturated carbocycles. The number of imidazole rings is 2. The summed E-state index contributed by atoms with van der Waals surface area (Å²) in [6.45, 7) is 2.25. The van der Waals surface area contributed by atoms with E-state index < -0.39 is 10.0 Å². The standard InChI is InChI=1S/C11H12ClN5O2S2/c1-8(6-16-3-2-13-7-16)15-21(18,19)10-9(12)14-11-17(10)4-5-20-11/h2-5,7-8,15H,6H2,1H3. The van der Waals surface area contributed by atoms with E-state index in [1.165, 1.54) is 15.7 Å². The fourth-order valence-corrected chi connectivity index (χ4v) is 4.74. The van der Waals surface area contributed by atoms with Gasteiger partial charge in [-0.15, -0.1) is 11.3 Å². The van der Waals surface area contributed by atoms with Crippen molar-refractivity contribution in [2.24, 2.45) is 0 Å². The van der Waals surface area contributed by atoms with Crippen molar-refractivity contribution in [3.8, 4) is 0 Å². The predicted octanol–water partition coefficient (Wildman–Crippen LogP) is 1.61.